The first-order valence-corrected chi connectivity index (χ1v) is 21.2. The summed E-state index contributed by atoms with van der Waals surface area (Å²) in [6, 6.07) is 0.0189. The van der Waals surface area contributed by atoms with E-state index in [1.54, 1.807) is 50.4 Å². The average molecular weight is 865 g/mol. The van der Waals surface area contributed by atoms with Gasteiger partial charge in [-0.1, -0.05) is 58.0 Å². The van der Waals surface area contributed by atoms with E-state index in [2.05, 4.69) is 36.9 Å². The molecule has 0 unspecified atom stereocenters. The van der Waals surface area contributed by atoms with Gasteiger partial charge in [0.25, 0.3) is 0 Å². The van der Waals surface area contributed by atoms with Gasteiger partial charge in [0.05, 0.1) is 6.04 Å². The summed E-state index contributed by atoms with van der Waals surface area (Å²) >= 11 is 1.39. The number of carbonyl (C=O) groups excluding carboxylic acids is 6. The first-order chi connectivity index (χ1) is 28.2. The molecule has 6 amide bonds. The summed E-state index contributed by atoms with van der Waals surface area (Å²) in [6.07, 6.45) is 1.65. The first kappa shape index (κ1) is 52.6. The van der Waals surface area contributed by atoms with E-state index in [1.165, 1.54) is 18.7 Å². The lowest BCUT2D eigenvalue weighted by Gasteiger charge is -2.29. The third-order valence-electron chi connectivity index (χ3n) is 9.06. The van der Waals surface area contributed by atoms with Gasteiger partial charge in [-0.05, 0) is 68.4 Å². The van der Waals surface area contributed by atoms with Gasteiger partial charge in [0.15, 0.2) is 5.96 Å². The number of hydrogen-bond donors (Lipinski definition) is 11. The van der Waals surface area contributed by atoms with Gasteiger partial charge >= 0.3 is 11.9 Å². The van der Waals surface area contributed by atoms with E-state index in [0.29, 0.717) is 17.7 Å². The monoisotopic (exact) mass is 864 g/mol. The second-order valence-corrected chi connectivity index (χ2v) is 16.1. The van der Waals surface area contributed by atoms with E-state index in [0.717, 1.165) is 0 Å². The zero-order valence-electron chi connectivity index (χ0n) is 35.2. The Bertz CT molecular complexity index is 1630. The van der Waals surface area contributed by atoms with Crippen molar-refractivity contribution in [2.45, 2.75) is 122 Å². The number of benzene rings is 1. The summed E-state index contributed by atoms with van der Waals surface area (Å²) in [7, 11) is 0. The van der Waals surface area contributed by atoms with Crippen LogP contribution in [0.1, 0.15) is 78.7 Å². The normalized spacial score (nSPS) is 14.6. The predicted octanol–water partition coefficient (Wildman–Crippen LogP) is -1.06. The van der Waals surface area contributed by atoms with Crippen LogP contribution in [0.2, 0.25) is 0 Å². The highest BCUT2D eigenvalue weighted by molar-refractivity contribution is 7.98. The van der Waals surface area contributed by atoms with E-state index in [4.69, 9.17) is 17.2 Å². The predicted molar refractivity (Wildman–Crippen MR) is 227 cm³/mol. The molecule has 0 heterocycles. The van der Waals surface area contributed by atoms with Crippen molar-refractivity contribution in [3.63, 3.8) is 0 Å². The quantitative estimate of drug-likeness (QED) is 0.0272. The molecule has 21 heteroatoms. The molecule has 0 saturated heterocycles. The largest absolute Gasteiger partial charge is 0.481 e. The number of carboxylic acids is 2. The van der Waals surface area contributed by atoms with Gasteiger partial charge in [0, 0.05) is 19.4 Å². The maximum atomic E-state index is 14.0. The molecule has 7 atom stereocenters. The van der Waals surface area contributed by atoms with Crippen LogP contribution < -0.4 is 49.1 Å². The second-order valence-electron chi connectivity index (χ2n) is 15.1. The van der Waals surface area contributed by atoms with Crippen molar-refractivity contribution in [3.05, 3.63) is 35.9 Å². The van der Waals surface area contributed by atoms with Crippen molar-refractivity contribution < 1.29 is 48.6 Å². The minimum absolute atomic E-state index is 0.0782. The summed E-state index contributed by atoms with van der Waals surface area (Å²) in [5.74, 6) is -7.34. The Morgan fingerprint density at radius 2 is 1.25 bits per heavy atom. The zero-order valence-corrected chi connectivity index (χ0v) is 36.0. The maximum absolute atomic E-state index is 14.0. The van der Waals surface area contributed by atoms with E-state index in [1.807, 2.05) is 13.8 Å². The van der Waals surface area contributed by atoms with Crippen LogP contribution in [-0.2, 0) is 44.8 Å². The molecule has 0 saturated carbocycles. The van der Waals surface area contributed by atoms with Crippen molar-refractivity contribution in [2.75, 3.05) is 18.6 Å². The molecule has 1 aromatic rings. The molecule has 1 rings (SSSR count). The Balaban J connectivity index is 3.32. The van der Waals surface area contributed by atoms with Crippen molar-refractivity contribution >= 4 is 65.1 Å². The molecule has 0 aliphatic rings. The van der Waals surface area contributed by atoms with Gasteiger partial charge in [-0.3, -0.25) is 38.6 Å². The molecule has 0 aliphatic carbocycles. The second kappa shape index (κ2) is 27.3. The molecular formula is C39H64N10O10S. The molecule has 60 heavy (non-hydrogen) atoms. The lowest BCUT2D eigenvalue weighted by Crippen LogP contribution is -2.60. The van der Waals surface area contributed by atoms with Crippen LogP contribution >= 0.6 is 11.8 Å². The number of aliphatic carboxylic acids is 2. The van der Waals surface area contributed by atoms with Crippen molar-refractivity contribution in [1.29, 1.82) is 0 Å². The molecule has 1 aromatic carbocycles. The van der Waals surface area contributed by atoms with Crippen LogP contribution in [0.3, 0.4) is 0 Å². The minimum atomic E-state index is -1.50. The zero-order chi connectivity index (χ0) is 45.5. The number of aliphatic imine (C=N–C) groups is 1. The van der Waals surface area contributed by atoms with Gasteiger partial charge < -0.3 is 59.3 Å². The molecule has 0 aliphatic heterocycles. The maximum Gasteiger partial charge on any atom is 0.326 e. The van der Waals surface area contributed by atoms with Crippen LogP contribution in [0.15, 0.2) is 35.3 Å². The number of rotatable bonds is 28. The SMILES string of the molecule is CSCC[C@H](NC(=O)[C@H](C)NC(=O)[C@H](CCC(=O)O)NC(=O)[C@H](Cc1ccccc1)NC(=O)[C@H](CC(C)C)NC(=O)[C@@H](NC(=O)[C@@H](N)CCCN=C(N)N)C(C)C)C(=O)O. The number of carbonyl (C=O) groups is 8. The van der Waals surface area contributed by atoms with Crippen molar-refractivity contribution in [1.82, 2.24) is 31.9 Å². The summed E-state index contributed by atoms with van der Waals surface area (Å²) in [5.41, 5.74) is 17.3. The van der Waals surface area contributed by atoms with E-state index in [-0.39, 0.29) is 44.1 Å². The molecular weight excluding hydrogens is 801 g/mol. The first-order valence-electron chi connectivity index (χ1n) is 19.8. The Kier molecular flexibility index (Phi) is 24.0. The Labute approximate surface area is 355 Å². The Morgan fingerprint density at radius 1 is 0.683 bits per heavy atom. The number of nitrogens with zero attached hydrogens (tertiary/aromatic N) is 1. The highest BCUT2D eigenvalue weighted by Crippen LogP contribution is 2.12. The fraction of sp³-hybridized carbons (Fsp3) is 0.615. The summed E-state index contributed by atoms with van der Waals surface area (Å²) in [5, 5.41) is 34.3. The third kappa shape index (κ3) is 20.5. The molecule has 0 bridgehead atoms. The summed E-state index contributed by atoms with van der Waals surface area (Å²) in [4.78, 5) is 108. The molecule has 14 N–H and O–H groups in total. The minimum Gasteiger partial charge on any atom is -0.481 e. The van der Waals surface area contributed by atoms with Gasteiger partial charge in [0.1, 0.15) is 36.3 Å². The Hall–Kier alpha value is -5.44. The number of thioether (sulfide) groups is 1. The number of carboxylic acid groups (broad SMARTS) is 2. The van der Waals surface area contributed by atoms with Crippen LogP contribution in [0.25, 0.3) is 0 Å². The highest BCUT2D eigenvalue weighted by Gasteiger charge is 2.34. The number of hydrogen-bond acceptors (Lipinski definition) is 11. The fourth-order valence-corrected chi connectivity index (χ4v) is 6.19. The van der Waals surface area contributed by atoms with E-state index in [9.17, 15) is 48.6 Å². The summed E-state index contributed by atoms with van der Waals surface area (Å²) < 4.78 is 0. The van der Waals surface area contributed by atoms with Crippen molar-refractivity contribution in [3.8, 4) is 0 Å². The summed E-state index contributed by atoms with van der Waals surface area (Å²) in [6.45, 7) is 8.62. The fourth-order valence-electron chi connectivity index (χ4n) is 5.72. The Morgan fingerprint density at radius 3 is 1.80 bits per heavy atom. The van der Waals surface area contributed by atoms with Gasteiger partial charge in [-0.25, -0.2) is 4.79 Å². The highest BCUT2D eigenvalue weighted by atomic mass is 32.2. The molecule has 0 spiro atoms. The van der Waals surface area contributed by atoms with E-state index < -0.39 is 108 Å². The van der Waals surface area contributed by atoms with Crippen LogP contribution in [0.4, 0.5) is 0 Å². The number of nitrogens with one attached hydrogen (secondary N) is 6. The molecule has 20 nitrogen and oxygen atoms in total. The van der Waals surface area contributed by atoms with Crippen LogP contribution in [-0.4, -0.2) is 124 Å². The number of nitrogens with two attached hydrogens (primary N) is 3. The van der Waals surface area contributed by atoms with Crippen LogP contribution in [0, 0.1) is 11.8 Å². The van der Waals surface area contributed by atoms with Gasteiger partial charge in [-0.15, -0.1) is 0 Å². The molecule has 0 radical (unpaired) electrons. The smallest absolute Gasteiger partial charge is 0.326 e. The van der Waals surface area contributed by atoms with Gasteiger partial charge in [-0.2, -0.15) is 11.8 Å². The average Bonchev–Trinajstić information content (AvgIpc) is 3.17. The van der Waals surface area contributed by atoms with Crippen LogP contribution in [0.5, 0.6) is 0 Å². The van der Waals surface area contributed by atoms with Crippen molar-refractivity contribution in [2.24, 2.45) is 34.0 Å². The number of amides is 6. The molecule has 0 fully saturated rings. The standard InChI is InChI=1S/C39H64N10O10S/c1-21(2)19-28(48-37(57)31(22(3)4)49-33(53)25(40)13-10-17-43-39(41)42)35(55)47-29(20-24-11-8-7-9-12-24)36(56)45-26(14-15-30(50)51)34(54)44-23(5)32(52)46-27(38(58)59)16-18-60-6/h7-9,11-12,21-23,25-29,31H,10,13-20,40H2,1-6H3,(H,44,54)(H,45,56)(H,46,52)(H,47,55)(H,48,57)(H,49,53)(H,50,51)(H,58,59)(H4,41,42,43)/t23-,25-,26-,27-,28-,29-,31-/m0/s1. The lowest BCUT2D eigenvalue weighted by atomic mass is 9.98. The van der Waals surface area contributed by atoms with Gasteiger partial charge in [0.2, 0.25) is 35.4 Å². The molecule has 336 valence electrons. The third-order valence-corrected chi connectivity index (χ3v) is 9.71. The lowest BCUT2D eigenvalue weighted by molar-refractivity contribution is -0.142. The molecule has 0 aromatic heterocycles. The topological polar surface area (TPSA) is 340 Å². The van der Waals surface area contributed by atoms with E-state index >= 15 is 0 Å². The number of guanidine groups is 1.